The lowest BCUT2D eigenvalue weighted by Gasteiger charge is -2.23. The van der Waals surface area contributed by atoms with Crippen molar-refractivity contribution in [3.63, 3.8) is 0 Å². The molecule has 0 heterocycles. The Morgan fingerprint density at radius 3 is 2.60 bits per heavy atom. The van der Waals surface area contributed by atoms with E-state index >= 15 is 0 Å². The van der Waals surface area contributed by atoms with Crippen LogP contribution in [0.5, 0.6) is 5.75 Å². The van der Waals surface area contributed by atoms with Gasteiger partial charge >= 0.3 is 0 Å². The number of halogens is 1. The van der Waals surface area contributed by atoms with Gasteiger partial charge in [-0.15, -0.1) is 0 Å². The number of hydrogen-bond acceptors (Lipinski definition) is 2. The molecular weight excluding hydrogens is 193 g/mol. The predicted molar refractivity (Wildman–Crippen MR) is 58.3 cm³/mol. The summed E-state index contributed by atoms with van der Waals surface area (Å²) >= 11 is 0. The molecule has 1 saturated carbocycles. The summed E-state index contributed by atoms with van der Waals surface area (Å²) in [5.41, 5.74) is 5.90. The highest BCUT2D eigenvalue weighted by atomic mass is 19.1. The average Bonchev–Trinajstić information content (AvgIpc) is 2.24. The van der Waals surface area contributed by atoms with Crippen LogP contribution in [0.2, 0.25) is 0 Å². The number of nitrogens with two attached hydrogens (primary N) is 1. The Morgan fingerprint density at radius 1 is 1.20 bits per heavy atom. The first kappa shape index (κ1) is 10.3. The van der Waals surface area contributed by atoms with Crippen LogP contribution in [0.3, 0.4) is 0 Å². The van der Waals surface area contributed by atoms with Crippen molar-refractivity contribution in [3.8, 4) is 5.75 Å². The van der Waals surface area contributed by atoms with Gasteiger partial charge in [0.05, 0.1) is 6.10 Å². The van der Waals surface area contributed by atoms with Gasteiger partial charge < -0.3 is 10.5 Å². The second-order valence-electron chi connectivity index (χ2n) is 4.07. The second kappa shape index (κ2) is 4.51. The summed E-state index contributed by atoms with van der Waals surface area (Å²) < 4.78 is 19.0. The Bertz CT molecular complexity index is 334. The molecule has 2 N–H and O–H groups in total. The molecule has 1 aliphatic rings. The van der Waals surface area contributed by atoms with Crippen LogP contribution >= 0.6 is 0 Å². The Hall–Kier alpha value is -1.25. The molecule has 3 heteroatoms. The van der Waals surface area contributed by atoms with Gasteiger partial charge in [-0.2, -0.15) is 0 Å². The maximum atomic E-state index is 13.4. The molecule has 1 aromatic carbocycles. The fraction of sp³-hybridized carbons (Fsp3) is 0.500. The number of rotatable bonds is 2. The summed E-state index contributed by atoms with van der Waals surface area (Å²) in [6.45, 7) is 0. The van der Waals surface area contributed by atoms with Crippen molar-refractivity contribution >= 4 is 5.69 Å². The van der Waals surface area contributed by atoms with Crippen LogP contribution in [0, 0.1) is 5.82 Å². The van der Waals surface area contributed by atoms with Gasteiger partial charge in [-0.05, 0) is 37.8 Å². The SMILES string of the molecule is Nc1ccc(OC2CCCCC2)c(F)c1. The van der Waals surface area contributed by atoms with Gasteiger partial charge in [0.25, 0.3) is 0 Å². The Morgan fingerprint density at radius 2 is 1.93 bits per heavy atom. The van der Waals surface area contributed by atoms with E-state index in [9.17, 15) is 4.39 Å². The van der Waals surface area contributed by atoms with Crippen molar-refractivity contribution in [3.05, 3.63) is 24.0 Å². The molecule has 2 rings (SSSR count). The van der Waals surface area contributed by atoms with Crippen molar-refractivity contribution in [2.45, 2.75) is 38.2 Å². The van der Waals surface area contributed by atoms with Crippen molar-refractivity contribution < 1.29 is 9.13 Å². The first-order chi connectivity index (χ1) is 7.25. The van der Waals surface area contributed by atoms with E-state index in [1.807, 2.05) is 0 Å². The fourth-order valence-electron chi connectivity index (χ4n) is 1.98. The zero-order chi connectivity index (χ0) is 10.7. The maximum absolute atomic E-state index is 13.4. The number of ether oxygens (including phenoxy) is 1. The van der Waals surface area contributed by atoms with Crippen LogP contribution in [0.25, 0.3) is 0 Å². The highest BCUT2D eigenvalue weighted by Crippen LogP contribution is 2.26. The number of benzene rings is 1. The van der Waals surface area contributed by atoms with Crippen molar-refractivity contribution in [2.75, 3.05) is 5.73 Å². The van der Waals surface area contributed by atoms with Crippen LogP contribution in [0.4, 0.5) is 10.1 Å². The third kappa shape index (κ3) is 2.61. The van der Waals surface area contributed by atoms with E-state index in [2.05, 4.69) is 0 Å². The van der Waals surface area contributed by atoms with Gasteiger partial charge in [0.2, 0.25) is 0 Å². The minimum atomic E-state index is -0.361. The highest BCUT2D eigenvalue weighted by molar-refractivity contribution is 5.42. The summed E-state index contributed by atoms with van der Waals surface area (Å²) in [4.78, 5) is 0. The van der Waals surface area contributed by atoms with Crippen molar-refractivity contribution in [2.24, 2.45) is 0 Å². The molecule has 0 atom stereocenters. The molecule has 1 fully saturated rings. The molecule has 2 nitrogen and oxygen atoms in total. The molecule has 82 valence electrons. The van der Waals surface area contributed by atoms with E-state index < -0.39 is 0 Å². The third-order valence-electron chi connectivity index (χ3n) is 2.80. The van der Waals surface area contributed by atoms with Crippen LogP contribution in [-0.4, -0.2) is 6.10 Å². The molecule has 0 radical (unpaired) electrons. The van der Waals surface area contributed by atoms with E-state index in [1.165, 1.54) is 25.3 Å². The van der Waals surface area contributed by atoms with Gasteiger partial charge in [-0.25, -0.2) is 4.39 Å². The molecule has 0 spiro atoms. The first-order valence-electron chi connectivity index (χ1n) is 5.47. The van der Waals surface area contributed by atoms with E-state index in [4.69, 9.17) is 10.5 Å². The summed E-state index contributed by atoms with van der Waals surface area (Å²) in [6, 6.07) is 4.58. The standard InChI is InChI=1S/C12H16FNO/c13-11-8-9(14)6-7-12(11)15-10-4-2-1-3-5-10/h6-8,10H,1-5,14H2. The second-order valence-corrected chi connectivity index (χ2v) is 4.07. The Kier molecular flexibility index (Phi) is 3.09. The van der Waals surface area contributed by atoms with Gasteiger partial charge in [-0.3, -0.25) is 0 Å². The fourth-order valence-corrected chi connectivity index (χ4v) is 1.98. The molecular formula is C12H16FNO. The molecule has 0 bridgehead atoms. The molecule has 0 unspecified atom stereocenters. The Balaban J connectivity index is 2.03. The van der Waals surface area contributed by atoms with E-state index in [0.29, 0.717) is 11.4 Å². The van der Waals surface area contributed by atoms with Gasteiger partial charge in [-0.1, -0.05) is 6.42 Å². The van der Waals surface area contributed by atoms with Crippen LogP contribution in [0.1, 0.15) is 32.1 Å². The zero-order valence-electron chi connectivity index (χ0n) is 8.71. The summed E-state index contributed by atoms with van der Waals surface area (Å²) in [5, 5.41) is 0. The summed E-state index contributed by atoms with van der Waals surface area (Å²) in [5.74, 6) is -0.0309. The zero-order valence-corrected chi connectivity index (χ0v) is 8.71. The summed E-state index contributed by atoms with van der Waals surface area (Å²) in [6.07, 6.45) is 5.87. The number of anilines is 1. The van der Waals surface area contributed by atoms with Crippen LogP contribution in [-0.2, 0) is 0 Å². The van der Waals surface area contributed by atoms with Gasteiger partial charge in [0.15, 0.2) is 11.6 Å². The highest BCUT2D eigenvalue weighted by Gasteiger charge is 2.16. The van der Waals surface area contributed by atoms with Crippen LogP contribution < -0.4 is 10.5 Å². The van der Waals surface area contributed by atoms with Gasteiger partial charge in [0.1, 0.15) is 0 Å². The molecule has 1 aliphatic carbocycles. The Labute approximate surface area is 89.2 Å². The third-order valence-corrected chi connectivity index (χ3v) is 2.80. The first-order valence-corrected chi connectivity index (χ1v) is 5.47. The molecule has 0 aliphatic heterocycles. The molecule has 1 aromatic rings. The van der Waals surface area contributed by atoms with Crippen LogP contribution in [0.15, 0.2) is 18.2 Å². The average molecular weight is 209 g/mol. The minimum Gasteiger partial charge on any atom is -0.487 e. The number of nitrogen functional groups attached to an aromatic ring is 1. The molecule has 0 saturated heterocycles. The lowest BCUT2D eigenvalue weighted by Crippen LogP contribution is -2.20. The normalized spacial score (nSPS) is 17.7. The topological polar surface area (TPSA) is 35.2 Å². The largest absolute Gasteiger partial charge is 0.487 e. The molecule has 15 heavy (non-hydrogen) atoms. The predicted octanol–water partition coefficient (Wildman–Crippen LogP) is 3.12. The lowest BCUT2D eigenvalue weighted by molar-refractivity contribution is 0.149. The van der Waals surface area contributed by atoms with Gasteiger partial charge in [0, 0.05) is 11.8 Å². The minimum absolute atomic E-state index is 0.178. The molecule has 0 amide bonds. The monoisotopic (exact) mass is 209 g/mol. The lowest BCUT2D eigenvalue weighted by atomic mass is 9.98. The van der Waals surface area contributed by atoms with E-state index in [0.717, 1.165) is 12.8 Å². The van der Waals surface area contributed by atoms with Crippen molar-refractivity contribution in [1.82, 2.24) is 0 Å². The number of hydrogen-bond donors (Lipinski definition) is 1. The summed E-state index contributed by atoms with van der Waals surface area (Å²) in [7, 11) is 0. The quantitative estimate of drug-likeness (QED) is 0.759. The maximum Gasteiger partial charge on any atom is 0.167 e. The van der Waals surface area contributed by atoms with E-state index in [-0.39, 0.29) is 11.9 Å². The smallest absolute Gasteiger partial charge is 0.167 e. The van der Waals surface area contributed by atoms with Crippen molar-refractivity contribution in [1.29, 1.82) is 0 Å². The molecule has 0 aromatic heterocycles. The van der Waals surface area contributed by atoms with E-state index in [1.54, 1.807) is 12.1 Å².